The van der Waals surface area contributed by atoms with Crippen LogP contribution >= 0.6 is 0 Å². The fourth-order valence-corrected chi connectivity index (χ4v) is 3.22. The number of rotatable bonds is 12. The van der Waals surface area contributed by atoms with Crippen molar-refractivity contribution in [2.75, 3.05) is 41.2 Å². The van der Waals surface area contributed by atoms with E-state index in [1.54, 1.807) is 21.3 Å². The Morgan fingerprint density at radius 2 is 1.84 bits per heavy atom. The standard InChI is InChI=1S/C12H26O6Si/c1-5-11(18-19(13-2,14-3)15-4)7-6-8-16-9-12-10-17-12/h11-12H,5-10H2,1-4H3. The summed E-state index contributed by atoms with van der Waals surface area (Å²) in [5.41, 5.74) is 0. The maximum absolute atomic E-state index is 5.87. The summed E-state index contributed by atoms with van der Waals surface area (Å²) in [6, 6.07) is 0. The minimum Gasteiger partial charge on any atom is -0.379 e. The summed E-state index contributed by atoms with van der Waals surface area (Å²) in [7, 11) is 1.70. The zero-order valence-electron chi connectivity index (χ0n) is 12.3. The van der Waals surface area contributed by atoms with Crippen LogP contribution in [0.3, 0.4) is 0 Å². The molecule has 114 valence electrons. The van der Waals surface area contributed by atoms with Gasteiger partial charge in [0.2, 0.25) is 0 Å². The lowest BCUT2D eigenvalue weighted by Gasteiger charge is -2.28. The van der Waals surface area contributed by atoms with Gasteiger partial charge in [-0.1, -0.05) is 6.92 Å². The second-order valence-electron chi connectivity index (χ2n) is 4.43. The molecule has 1 rings (SSSR count). The predicted octanol–water partition coefficient (Wildman–Crippen LogP) is 1.35. The highest BCUT2D eigenvalue weighted by Crippen LogP contribution is 2.17. The molecule has 7 heteroatoms. The van der Waals surface area contributed by atoms with Crippen LogP contribution in [0.1, 0.15) is 26.2 Å². The fourth-order valence-electron chi connectivity index (χ4n) is 1.74. The first-order chi connectivity index (χ1) is 9.19. The largest absolute Gasteiger partial charge is 0.679 e. The van der Waals surface area contributed by atoms with Gasteiger partial charge in [0.15, 0.2) is 0 Å². The average molecular weight is 294 g/mol. The highest BCUT2D eigenvalue weighted by atomic mass is 28.4. The van der Waals surface area contributed by atoms with Gasteiger partial charge in [0.1, 0.15) is 6.10 Å². The Morgan fingerprint density at radius 3 is 2.32 bits per heavy atom. The van der Waals surface area contributed by atoms with E-state index < -0.39 is 9.05 Å². The van der Waals surface area contributed by atoms with Gasteiger partial charge in [-0.3, -0.25) is 0 Å². The van der Waals surface area contributed by atoms with Gasteiger partial charge in [-0.05, 0) is 19.3 Å². The third-order valence-electron chi connectivity index (χ3n) is 3.04. The van der Waals surface area contributed by atoms with E-state index >= 15 is 0 Å². The van der Waals surface area contributed by atoms with Gasteiger partial charge in [-0.15, -0.1) is 0 Å². The maximum Gasteiger partial charge on any atom is 0.679 e. The van der Waals surface area contributed by atoms with Gasteiger partial charge in [0.05, 0.1) is 19.3 Å². The molecule has 0 aromatic rings. The molecule has 1 heterocycles. The molecule has 0 saturated carbocycles. The minimum absolute atomic E-state index is 0.0623. The zero-order chi connectivity index (χ0) is 14.1. The van der Waals surface area contributed by atoms with Gasteiger partial charge in [0.25, 0.3) is 0 Å². The van der Waals surface area contributed by atoms with Crippen LogP contribution in [0.4, 0.5) is 0 Å². The molecule has 2 unspecified atom stereocenters. The summed E-state index contributed by atoms with van der Waals surface area (Å²) in [4.78, 5) is 0. The number of hydrogen-bond acceptors (Lipinski definition) is 6. The predicted molar refractivity (Wildman–Crippen MR) is 71.7 cm³/mol. The van der Waals surface area contributed by atoms with Crippen molar-refractivity contribution >= 4 is 9.05 Å². The molecule has 1 aliphatic heterocycles. The zero-order valence-corrected chi connectivity index (χ0v) is 13.3. The van der Waals surface area contributed by atoms with Crippen molar-refractivity contribution in [2.24, 2.45) is 0 Å². The Labute approximate surface area is 116 Å². The third-order valence-corrected chi connectivity index (χ3v) is 5.16. The summed E-state index contributed by atoms with van der Waals surface area (Å²) in [6.07, 6.45) is 3.11. The third kappa shape index (κ3) is 6.31. The first-order valence-corrected chi connectivity index (χ1v) is 8.35. The molecular formula is C12H26O6Si. The van der Waals surface area contributed by atoms with E-state index in [9.17, 15) is 0 Å². The molecule has 6 nitrogen and oxygen atoms in total. The SMILES string of the molecule is CCC(CCCOCC1CO1)O[Si](OC)(OC)OC. The molecule has 0 aromatic carbocycles. The Balaban J connectivity index is 2.18. The molecule has 0 spiro atoms. The lowest BCUT2D eigenvalue weighted by molar-refractivity contribution is -0.0276. The summed E-state index contributed by atoms with van der Waals surface area (Å²) in [5, 5.41) is 0. The first kappa shape index (κ1) is 17.0. The number of ether oxygens (including phenoxy) is 2. The normalized spacial score (nSPS) is 20.5. The van der Waals surface area contributed by atoms with E-state index in [-0.39, 0.29) is 6.10 Å². The van der Waals surface area contributed by atoms with Gasteiger partial charge in [-0.25, -0.2) is 0 Å². The summed E-state index contributed by atoms with van der Waals surface area (Å²) in [6.45, 7) is 4.33. The van der Waals surface area contributed by atoms with Crippen LogP contribution in [0, 0.1) is 0 Å². The molecular weight excluding hydrogens is 268 g/mol. The molecule has 1 saturated heterocycles. The smallest absolute Gasteiger partial charge is 0.379 e. The molecule has 0 aliphatic carbocycles. The molecule has 2 atom stereocenters. The van der Waals surface area contributed by atoms with Crippen molar-refractivity contribution in [3.8, 4) is 0 Å². The lowest BCUT2D eigenvalue weighted by atomic mass is 10.1. The highest BCUT2D eigenvalue weighted by Gasteiger charge is 2.44. The van der Waals surface area contributed by atoms with Crippen molar-refractivity contribution in [1.82, 2.24) is 0 Å². The van der Waals surface area contributed by atoms with Crippen LogP contribution in [-0.4, -0.2) is 62.4 Å². The van der Waals surface area contributed by atoms with Crippen LogP contribution in [0.25, 0.3) is 0 Å². The monoisotopic (exact) mass is 294 g/mol. The Bertz CT molecular complexity index is 224. The number of epoxide rings is 1. The van der Waals surface area contributed by atoms with Crippen molar-refractivity contribution < 1.29 is 27.2 Å². The van der Waals surface area contributed by atoms with Gasteiger partial charge < -0.3 is 27.2 Å². The Hall–Kier alpha value is -0.0231. The molecule has 1 fully saturated rings. The van der Waals surface area contributed by atoms with Crippen LogP contribution < -0.4 is 0 Å². The van der Waals surface area contributed by atoms with E-state index in [2.05, 4.69) is 6.92 Å². The second kappa shape index (κ2) is 9.01. The van der Waals surface area contributed by atoms with Crippen molar-refractivity contribution in [3.05, 3.63) is 0 Å². The van der Waals surface area contributed by atoms with Crippen LogP contribution in [0.15, 0.2) is 0 Å². The van der Waals surface area contributed by atoms with E-state index in [0.717, 1.165) is 32.5 Å². The van der Waals surface area contributed by atoms with Crippen LogP contribution in [-0.2, 0) is 27.2 Å². The number of hydrogen-bond donors (Lipinski definition) is 0. The van der Waals surface area contributed by atoms with Crippen LogP contribution in [0.5, 0.6) is 0 Å². The lowest BCUT2D eigenvalue weighted by Crippen LogP contribution is -2.49. The van der Waals surface area contributed by atoms with E-state index in [1.807, 2.05) is 0 Å². The average Bonchev–Trinajstić information content (AvgIpc) is 3.27. The fraction of sp³-hybridized carbons (Fsp3) is 1.00. The second-order valence-corrected chi connectivity index (χ2v) is 6.89. The van der Waals surface area contributed by atoms with E-state index in [0.29, 0.717) is 12.7 Å². The molecule has 0 aromatic heterocycles. The van der Waals surface area contributed by atoms with Gasteiger partial charge in [0, 0.05) is 27.9 Å². The summed E-state index contributed by atoms with van der Waals surface area (Å²) < 4.78 is 32.2. The molecule has 19 heavy (non-hydrogen) atoms. The van der Waals surface area contributed by atoms with Crippen molar-refractivity contribution in [3.63, 3.8) is 0 Å². The van der Waals surface area contributed by atoms with Crippen LogP contribution in [0.2, 0.25) is 0 Å². The summed E-state index contributed by atoms with van der Waals surface area (Å²) >= 11 is 0. The van der Waals surface area contributed by atoms with Gasteiger partial charge >= 0.3 is 9.05 Å². The van der Waals surface area contributed by atoms with Crippen molar-refractivity contribution in [1.29, 1.82) is 0 Å². The molecule has 1 aliphatic rings. The van der Waals surface area contributed by atoms with Gasteiger partial charge in [-0.2, -0.15) is 0 Å². The quantitative estimate of drug-likeness (QED) is 0.308. The highest BCUT2D eigenvalue weighted by molar-refractivity contribution is 6.53. The van der Waals surface area contributed by atoms with E-state index in [4.69, 9.17) is 27.2 Å². The minimum atomic E-state index is -2.94. The first-order valence-electron chi connectivity index (χ1n) is 6.72. The van der Waals surface area contributed by atoms with E-state index in [1.165, 1.54) is 0 Å². The van der Waals surface area contributed by atoms with Crippen molar-refractivity contribution in [2.45, 2.75) is 38.4 Å². The molecule has 0 amide bonds. The topological polar surface area (TPSA) is 58.7 Å². The molecule has 0 bridgehead atoms. The Morgan fingerprint density at radius 1 is 1.21 bits per heavy atom. The maximum atomic E-state index is 5.87. The molecule has 0 N–H and O–H groups in total. The molecule has 0 radical (unpaired) electrons. The Kier molecular flexibility index (Phi) is 8.08. The summed E-state index contributed by atoms with van der Waals surface area (Å²) in [5.74, 6) is 0.